The fourth-order valence-electron chi connectivity index (χ4n) is 6.45. The van der Waals surface area contributed by atoms with E-state index < -0.39 is 0 Å². The first-order valence-corrected chi connectivity index (χ1v) is 22.2. The summed E-state index contributed by atoms with van der Waals surface area (Å²) in [5.74, 6) is 0.937. The third-order valence-corrected chi connectivity index (χ3v) is 9.70. The van der Waals surface area contributed by atoms with Crippen molar-refractivity contribution < 1.29 is 4.79 Å². The molecule has 51 heavy (non-hydrogen) atoms. The van der Waals surface area contributed by atoms with Crippen LogP contribution in [0.4, 0.5) is 0 Å². The second-order valence-electron chi connectivity index (χ2n) is 14.7. The van der Waals surface area contributed by atoms with Crippen LogP contribution < -0.4 is 22.1 Å². The molecule has 0 aliphatic carbocycles. The van der Waals surface area contributed by atoms with Crippen molar-refractivity contribution in [2.45, 2.75) is 200 Å². The highest BCUT2D eigenvalue weighted by Crippen LogP contribution is 2.13. The van der Waals surface area contributed by atoms with Gasteiger partial charge in [-0.15, -0.1) is 0 Å². The van der Waals surface area contributed by atoms with E-state index >= 15 is 0 Å². The van der Waals surface area contributed by atoms with E-state index in [1.807, 2.05) is 0 Å². The average molecular weight is 717 g/mol. The van der Waals surface area contributed by atoms with Gasteiger partial charge >= 0.3 is 0 Å². The van der Waals surface area contributed by atoms with Gasteiger partial charge in [0.25, 0.3) is 0 Å². The maximum atomic E-state index is 13.3. The molecule has 7 nitrogen and oxygen atoms in total. The van der Waals surface area contributed by atoms with Crippen molar-refractivity contribution in [3.63, 3.8) is 0 Å². The van der Waals surface area contributed by atoms with Gasteiger partial charge in [-0.05, 0) is 64.2 Å². The summed E-state index contributed by atoms with van der Waals surface area (Å²) < 4.78 is 0. The van der Waals surface area contributed by atoms with Crippen LogP contribution in [0.1, 0.15) is 200 Å². The molecule has 0 spiro atoms. The zero-order valence-electron chi connectivity index (χ0n) is 34.2. The van der Waals surface area contributed by atoms with E-state index in [4.69, 9.17) is 11.5 Å². The minimum atomic E-state index is 0.250. The topological polar surface area (TPSA) is 109 Å². The smallest absolute Gasteiger partial charge is 0.224 e. The number of hydrogen-bond acceptors (Lipinski definition) is 4. The summed E-state index contributed by atoms with van der Waals surface area (Å²) in [6.45, 7) is 9.10. The molecule has 0 rings (SSSR count). The number of nitrogens with one attached hydrogen (secondary N) is 2. The highest BCUT2D eigenvalue weighted by molar-refractivity contribution is 5.81. The van der Waals surface area contributed by atoms with E-state index in [9.17, 15) is 4.79 Å². The van der Waals surface area contributed by atoms with Crippen LogP contribution >= 0.6 is 0 Å². The van der Waals surface area contributed by atoms with Crippen molar-refractivity contribution in [3.8, 4) is 0 Å². The van der Waals surface area contributed by atoms with Crippen LogP contribution in [0.2, 0.25) is 0 Å². The number of unbranched alkanes of at least 4 members (excludes halogenated alkanes) is 24. The molecule has 6 N–H and O–H groups in total. The summed E-state index contributed by atoms with van der Waals surface area (Å²) in [6.07, 6.45) is 46.6. The van der Waals surface area contributed by atoms with Gasteiger partial charge < -0.3 is 27.0 Å². The van der Waals surface area contributed by atoms with Crippen LogP contribution in [0, 0.1) is 0 Å². The van der Waals surface area contributed by atoms with Crippen molar-refractivity contribution >= 4 is 11.9 Å². The lowest BCUT2D eigenvalue weighted by Gasteiger charge is -2.23. The molecule has 0 aliphatic rings. The predicted octanol–water partition coefficient (Wildman–Crippen LogP) is 10.7. The Morgan fingerprint density at radius 1 is 0.510 bits per heavy atom. The van der Waals surface area contributed by atoms with Gasteiger partial charge in [0.05, 0.1) is 6.54 Å². The highest BCUT2D eigenvalue weighted by atomic mass is 16.2. The van der Waals surface area contributed by atoms with Crippen molar-refractivity contribution in [2.24, 2.45) is 16.5 Å². The number of amides is 1. The number of aliphatic imine (C=N–C) groups is 1. The van der Waals surface area contributed by atoms with E-state index in [0.29, 0.717) is 45.1 Å². The van der Waals surface area contributed by atoms with Crippen LogP contribution in [0.5, 0.6) is 0 Å². The number of rotatable bonds is 39. The highest BCUT2D eigenvalue weighted by Gasteiger charge is 2.13. The molecule has 0 radical (unpaired) electrons. The van der Waals surface area contributed by atoms with Crippen molar-refractivity contribution in [2.75, 3.05) is 45.8 Å². The number of allylic oxidation sites excluding steroid dienone is 4. The molecular weight excluding hydrogens is 629 g/mol. The van der Waals surface area contributed by atoms with Crippen LogP contribution in [0.15, 0.2) is 29.3 Å². The first-order chi connectivity index (χ1) is 25.2. The Morgan fingerprint density at radius 3 is 1.27 bits per heavy atom. The molecule has 0 aliphatic heterocycles. The van der Waals surface area contributed by atoms with E-state index in [-0.39, 0.29) is 5.91 Å². The monoisotopic (exact) mass is 717 g/mol. The number of carbonyl (C=O) groups excluding carboxylic acids is 1. The zero-order valence-corrected chi connectivity index (χ0v) is 34.2. The molecule has 0 fully saturated rings. The summed E-state index contributed by atoms with van der Waals surface area (Å²) in [6, 6.07) is 0. The molecule has 0 aromatic heterocycles. The lowest BCUT2D eigenvalue weighted by molar-refractivity contribution is -0.131. The van der Waals surface area contributed by atoms with Gasteiger partial charge in [0.1, 0.15) is 0 Å². The summed E-state index contributed by atoms with van der Waals surface area (Å²) in [4.78, 5) is 19.9. The minimum absolute atomic E-state index is 0.250. The van der Waals surface area contributed by atoms with Crippen LogP contribution in [-0.4, -0.2) is 62.6 Å². The van der Waals surface area contributed by atoms with Crippen molar-refractivity contribution in [3.05, 3.63) is 24.3 Å². The quantitative estimate of drug-likeness (QED) is 0.0219. The molecule has 0 heterocycles. The number of nitrogens with two attached hydrogens (primary N) is 2. The van der Waals surface area contributed by atoms with Crippen molar-refractivity contribution in [1.29, 1.82) is 0 Å². The third-order valence-electron chi connectivity index (χ3n) is 9.70. The Morgan fingerprint density at radius 2 is 0.882 bits per heavy atom. The molecule has 7 heteroatoms. The molecule has 1 amide bonds. The third kappa shape index (κ3) is 37.7. The molecule has 0 saturated heterocycles. The maximum Gasteiger partial charge on any atom is 0.224 e. The van der Waals surface area contributed by atoms with Gasteiger partial charge in [0, 0.05) is 45.7 Å². The van der Waals surface area contributed by atoms with Crippen LogP contribution in [-0.2, 0) is 4.79 Å². The fraction of sp³-hybridized carbons (Fsp3) is 0.864. The Labute approximate surface area is 318 Å². The normalized spacial score (nSPS) is 12.0. The average Bonchev–Trinajstić information content (AvgIpc) is 3.14. The molecule has 0 aromatic rings. The first kappa shape index (κ1) is 49.1. The largest absolute Gasteiger partial charge is 0.356 e. The van der Waals surface area contributed by atoms with Gasteiger partial charge in [-0.25, -0.2) is 0 Å². The Hall–Kier alpha value is -1.86. The minimum Gasteiger partial charge on any atom is -0.356 e. The summed E-state index contributed by atoms with van der Waals surface area (Å²) >= 11 is 0. The number of guanidine groups is 1. The number of carbonyl (C=O) groups is 1. The SMILES string of the molecule is CCCCCCCC/C=C\CCCCCCCCN(CCCCCCCC/C=C\CCCCCCCC)C(=O)CCNC(=NCCN)NCCN. The van der Waals surface area contributed by atoms with E-state index in [0.717, 1.165) is 25.9 Å². The zero-order chi connectivity index (χ0) is 37.1. The van der Waals surface area contributed by atoms with Gasteiger partial charge in [-0.2, -0.15) is 0 Å². The first-order valence-electron chi connectivity index (χ1n) is 22.2. The predicted molar refractivity (Wildman–Crippen MR) is 227 cm³/mol. The van der Waals surface area contributed by atoms with Gasteiger partial charge in [-0.1, -0.05) is 154 Å². The molecule has 0 atom stereocenters. The summed E-state index contributed by atoms with van der Waals surface area (Å²) in [7, 11) is 0. The molecule has 0 bridgehead atoms. The molecule has 0 saturated carbocycles. The Balaban J connectivity index is 4.31. The Bertz CT molecular complexity index is 756. The van der Waals surface area contributed by atoms with Gasteiger partial charge in [0.15, 0.2) is 5.96 Å². The molecule has 0 aromatic carbocycles. The van der Waals surface area contributed by atoms with Crippen molar-refractivity contribution in [1.82, 2.24) is 15.5 Å². The second-order valence-corrected chi connectivity index (χ2v) is 14.7. The number of nitrogens with zero attached hydrogens (tertiary/aromatic N) is 2. The second kappa shape index (κ2) is 42.6. The molecule has 0 unspecified atom stereocenters. The van der Waals surface area contributed by atoms with E-state index in [1.54, 1.807) is 0 Å². The van der Waals surface area contributed by atoms with Crippen LogP contribution in [0.25, 0.3) is 0 Å². The lowest BCUT2D eigenvalue weighted by Crippen LogP contribution is -2.42. The van der Waals surface area contributed by atoms with E-state index in [1.165, 1.54) is 167 Å². The molecule has 300 valence electrons. The maximum absolute atomic E-state index is 13.3. The standard InChI is InChI=1S/C44H88N6O/c1-3-5-7-9-11-13-15-17-19-21-23-25-27-29-31-33-41-50(43(51)35-38-47-44(48-39-36-45)49-40-37-46)42-34-32-30-28-26-24-22-20-18-16-14-12-10-8-6-4-2/h17-20H,3-16,21-42,45-46H2,1-2H3,(H2,47,48,49)/b19-17-,20-18-. The van der Waals surface area contributed by atoms with Gasteiger partial charge in [-0.3, -0.25) is 9.79 Å². The Kier molecular flexibility index (Phi) is 41.0. The van der Waals surface area contributed by atoms with E-state index in [2.05, 4.69) is 58.7 Å². The molecular formula is C44H88N6O. The summed E-state index contributed by atoms with van der Waals surface area (Å²) in [5.41, 5.74) is 11.3. The summed E-state index contributed by atoms with van der Waals surface area (Å²) in [5, 5.41) is 6.50. The van der Waals surface area contributed by atoms with Gasteiger partial charge in [0.2, 0.25) is 5.91 Å². The number of hydrogen-bond donors (Lipinski definition) is 4. The lowest BCUT2D eigenvalue weighted by atomic mass is 10.1. The fourth-order valence-corrected chi connectivity index (χ4v) is 6.45. The van der Waals surface area contributed by atoms with Crippen LogP contribution in [0.3, 0.4) is 0 Å².